The van der Waals surface area contributed by atoms with Gasteiger partial charge in [-0.05, 0) is 81.2 Å². The van der Waals surface area contributed by atoms with Gasteiger partial charge in [0.25, 0.3) is 0 Å². The number of nitrogens with zero attached hydrogens (tertiary/aromatic N) is 1. The second kappa shape index (κ2) is 6.96. The summed E-state index contributed by atoms with van der Waals surface area (Å²) in [5.74, 6) is 1.40. The van der Waals surface area contributed by atoms with Crippen molar-refractivity contribution in [2.45, 2.75) is 64.0 Å². The molecule has 2 unspecified atom stereocenters. The summed E-state index contributed by atoms with van der Waals surface area (Å²) in [7, 11) is 2.35. The Bertz CT molecular complexity index is 675. The summed E-state index contributed by atoms with van der Waals surface area (Å²) in [4.78, 5) is 2.66. The van der Waals surface area contributed by atoms with Gasteiger partial charge in [-0.1, -0.05) is 48.5 Å². The molecule has 0 aromatic heterocycles. The molecule has 0 radical (unpaired) electrons. The minimum Gasteiger partial charge on any atom is -0.300 e. The lowest BCUT2D eigenvalue weighted by atomic mass is 9.76. The van der Waals surface area contributed by atoms with Crippen LogP contribution in [0.3, 0.4) is 0 Å². The van der Waals surface area contributed by atoms with Gasteiger partial charge in [0.05, 0.1) is 0 Å². The van der Waals surface area contributed by atoms with Crippen LogP contribution < -0.4 is 0 Å². The first kappa shape index (κ1) is 16.8. The summed E-state index contributed by atoms with van der Waals surface area (Å²) < 4.78 is 0. The normalized spacial score (nSPS) is 26.3. The van der Waals surface area contributed by atoms with Crippen LogP contribution in [0.25, 0.3) is 0 Å². The summed E-state index contributed by atoms with van der Waals surface area (Å²) in [6, 6.07) is 19.7. The molecule has 2 bridgehead atoms. The number of rotatable bonds is 4. The van der Waals surface area contributed by atoms with Gasteiger partial charge in [-0.25, -0.2) is 0 Å². The topological polar surface area (TPSA) is 3.24 Å². The van der Waals surface area contributed by atoms with Gasteiger partial charge in [0.1, 0.15) is 0 Å². The molecule has 2 aromatic carbocycles. The number of hydrogen-bond acceptors (Lipinski definition) is 1. The average molecular weight is 334 g/mol. The molecule has 0 amide bonds. The average Bonchev–Trinajstić information content (AvgIpc) is 2.83. The summed E-state index contributed by atoms with van der Waals surface area (Å²) in [5.41, 5.74) is 5.93. The van der Waals surface area contributed by atoms with Crippen LogP contribution in [-0.2, 0) is 0 Å². The molecule has 2 aromatic rings. The van der Waals surface area contributed by atoms with E-state index in [1.165, 1.54) is 54.4 Å². The fourth-order valence-corrected chi connectivity index (χ4v) is 5.43. The van der Waals surface area contributed by atoms with E-state index in [2.05, 4.69) is 74.3 Å². The van der Waals surface area contributed by atoms with Crippen LogP contribution in [0, 0.1) is 19.8 Å². The molecule has 132 valence electrons. The quantitative estimate of drug-likeness (QED) is 0.694. The van der Waals surface area contributed by atoms with Crippen molar-refractivity contribution in [3.63, 3.8) is 0 Å². The maximum absolute atomic E-state index is 2.66. The van der Waals surface area contributed by atoms with Gasteiger partial charge in [-0.2, -0.15) is 0 Å². The van der Waals surface area contributed by atoms with Crippen molar-refractivity contribution >= 4 is 0 Å². The molecular formula is C24H31N. The third kappa shape index (κ3) is 3.27. The lowest BCUT2D eigenvalue weighted by Gasteiger charge is -2.38. The molecule has 2 aliphatic heterocycles. The van der Waals surface area contributed by atoms with Crippen molar-refractivity contribution in [3.05, 3.63) is 70.8 Å². The zero-order valence-electron chi connectivity index (χ0n) is 15.9. The van der Waals surface area contributed by atoms with E-state index in [0.717, 1.165) is 18.0 Å². The number of aryl methyl sites for hydroxylation is 2. The van der Waals surface area contributed by atoms with Crippen molar-refractivity contribution in [1.82, 2.24) is 4.90 Å². The van der Waals surface area contributed by atoms with E-state index >= 15 is 0 Å². The van der Waals surface area contributed by atoms with E-state index in [0.29, 0.717) is 5.92 Å². The highest BCUT2D eigenvalue weighted by Gasteiger charge is 2.39. The molecular weight excluding hydrogens is 302 g/mol. The number of hydrogen-bond donors (Lipinski definition) is 0. The minimum absolute atomic E-state index is 0.537. The maximum Gasteiger partial charge on any atom is 0.00983 e. The Morgan fingerprint density at radius 3 is 1.80 bits per heavy atom. The van der Waals surface area contributed by atoms with E-state index in [1.54, 1.807) is 0 Å². The van der Waals surface area contributed by atoms with Crippen molar-refractivity contribution in [1.29, 1.82) is 0 Å². The molecule has 25 heavy (non-hydrogen) atoms. The fraction of sp³-hybridized carbons (Fsp3) is 0.500. The molecule has 2 saturated heterocycles. The third-order valence-corrected chi connectivity index (χ3v) is 6.89. The van der Waals surface area contributed by atoms with E-state index in [9.17, 15) is 0 Å². The molecule has 0 saturated carbocycles. The van der Waals surface area contributed by atoms with Crippen molar-refractivity contribution in [3.8, 4) is 0 Å². The van der Waals surface area contributed by atoms with Crippen molar-refractivity contribution in [2.75, 3.05) is 7.05 Å². The Kier molecular flexibility index (Phi) is 4.69. The molecule has 4 rings (SSSR count). The monoisotopic (exact) mass is 333 g/mol. The molecule has 0 N–H and O–H groups in total. The maximum atomic E-state index is 2.66. The Balaban J connectivity index is 1.65. The summed E-state index contributed by atoms with van der Waals surface area (Å²) in [5, 5.41) is 0. The van der Waals surface area contributed by atoms with Crippen LogP contribution in [0.2, 0.25) is 0 Å². The van der Waals surface area contributed by atoms with Crippen LogP contribution in [0.15, 0.2) is 48.5 Å². The van der Waals surface area contributed by atoms with E-state index in [-0.39, 0.29) is 0 Å². The van der Waals surface area contributed by atoms with E-state index in [1.807, 2.05) is 0 Å². The highest BCUT2D eigenvalue weighted by molar-refractivity contribution is 5.40. The van der Waals surface area contributed by atoms with Gasteiger partial charge in [0.2, 0.25) is 0 Å². The lowest BCUT2D eigenvalue weighted by Crippen LogP contribution is -2.40. The molecule has 0 spiro atoms. The summed E-state index contributed by atoms with van der Waals surface area (Å²) in [6.07, 6.45) is 6.91. The second-order valence-electron chi connectivity index (χ2n) is 8.39. The molecule has 2 fully saturated rings. The first-order valence-corrected chi connectivity index (χ1v) is 9.96. The van der Waals surface area contributed by atoms with Crippen LogP contribution in [0.4, 0.5) is 0 Å². The molecule has 0 aliphatic carbocycles. The Hall–Kier alpha value is -1.60. The predicted octanol–water partition coefficient (Wildman–Crippen LogP) is 5.70. The first-order valence-electron chi connectivity index (χ1n) is 9.96. The van der Waals surface area contributed by atoms with Crippen LogP contribution in [-0.4, -0.2) is 24.0 Å². The standard InChI is InChI=1S/C24H31N/c1-17-8-4-6-10-22(17)24(23-11-7-5-9-18(23)2)16-19-14-20-12-13-21(15-19)25(20)3/h4-11,19-21,24H,12-16H2,1-3H3. The van der Waals surface area contributed by atoms with Gasteiger partial charge in [-0.15, -0.1) is 0 Å². The third-order valence-electron chi connectivity index (χ3n) is 6.89. The van der Waals surface area contributed by atoms with Crippen LogP contribution in [0.5, 0.6) is 0 Å². The highest BCUT2D eigenvalue weighted by atomic mass is 15.2. The zero-order valence-corrected chi connectivity index (χ0v) is 15.9. The Morgan fingerprint density at radius 1 is 0.840 bits per heavy atom. The number of piperidine rings is 1. The van der Waals surface area contributed by atoms with Gasteiger partial charge in [-0.3, -0.25) is 0 Å². The minimum atomic E-state index is 0.537. The fourth-order valence-electron chi connectivity index (χ4n) is 5.43. The predicted molar refractivity (Wildman–Crippen MR) is 106 cm³/mol. The summed E-state index contributed by atoms with van der Waals surface area (Å²) in [6.45, 7) is 4.55. The number of fused-ring (bicyclic) bond motifs is 2. The molecule has 1 heteroatoms. The van der Waals surface area contributed by atoms with Gasteiger partial charge in [0.15, 0.2) is 0 Å². The molecule has 2 aliphatic rings. The van der Waals surface area contributed by atoms with E-state index in [4.69, 9.17) is 0 Å². The molecule has 2 atom stereocenters. The largest absolute Gasteiger partial charge is 0.300 e. The van der Waals surface area contributed by atoms with Crippen LogP contribution in [0.1, 0.15) is 60.3 Å². The van der Waals surface area contributed by atoms with Gasteiger partial charge in [0, 0.05) is 18.0 Å². The van der Waals surface area contributed by atoms with Gasteiger partial charge < -0.3 is 4.90 Å². The second-order valence-corrected chi connectivity index (χ2v) is 8.39. The lowest BCUT2D eigenvalue weighted by molar-refractivity contribution is 0.127. The zero-order chi connectivity index (χ0) is 17.4. The Morgan fingerprint density at radius 2 is 1.32 bits per heavy atom. The Labute approximate surface area is 153 Å². The van der Waals surface area contributed by atoms with Gasteiger partial charge >= 0.3 is 0 Å². The summed E-state index contributed by atoms with van der Waals surface area (Å²) >= 11 is 0. The molecule has 2 heterocycles. The first-order chi connectivity index (χ1) is 12.1. The van der Waals surface area contributed by atoms with E-state index < -0.39 is 0 Å². The van der Waals surface area contributed by atoms with Crippen molar-refractivity contribution in [2.24, 2.45) is 5.92 Å². The van der Waals surface area contributed by atoms with Crippen LogP contribution >= 0.6 is 0 Å². The number of benzene rings is 2. The smallest absolute Gasteiger partial charge is 0.00983 e. The molecule has 1 nitrogen and oxygen atoms in total. The highest BCUT2D eigenvalue weighted by Crippen LogP contribution is 2.43. The van der Waals surface area contributed by atoms with Crippen molar-refractivity contribution < 1.29 is 0 Å². The SMILES string of the molecule is Cc1ccccc1C(CC1CC2CCC(C1)N2C)c1ccccc1C.